The van der Waals surface area contributed by atoms with Gasteiger partial charge >= 0.3 is 5.97 Å². The van der Waals surface area contributed by atoms with Gasteiger partial charge in [0.15, 0.2) is 17.4 Å². The van der Waals surface area contributed by atoms with Crippen LogP contribution in [0.1, 0.15) is 33.5 Å². The van der Waals surface area contributed by atoms with Crippen molar-refractivity contribution in [3.8, 4) is 11.4 Å². The number of aryl methyl sites for hydroxylation is 1. The van der Waals surface area contributed by atoms with Crippen LogP contribution in [-0.2, 0) is 11.2 Å². The average Bonchev–Trinajstić information content (AvgIpc) is 2.95. The van der Waals surface area contributed by atoms with Crippen LogP contribution in [0.5, 0.6) is 5.75 Å². The molecule has 1 heterocycles. The van der Waals surface area contributed by atoms with E-state index in [1.54, 1.807) is 0 Å². The summed E-state index contributed by atoms with van der Waals surface area (Å²) < 4.78 is 50.0. The fraction of sp³-hybridized carbons (Fsp3) is 0.194. The second-order valence-corrected chi connectivity index (χ2v) is 9.57. The van der Waals surface area contributed by atoms with E-state index in [2.05, 4.69) is 5.32 Å². The third-order valence-corrected chi connectivity index (χ3v) is 6.57. The first kappa shape index (κ1) is 30.1. The van der Waals surface area contributed by atoms with Gasteiger partial charge in [0, 0.05) is 23.8 Å². The van der Waals surface area contributed by atoms with Crippen molar-refractivity contribution in [3.63, 3.8) is 0 Å². The first-order valence-corrected chi connectivity index (χ1v) is 13.0. The number of nitrogens with one attached hydrogen (secondary N) is 1. The van der Waals surface area contributed by atoms with Crippen molar-refractivity contribution < 1.29 is 32.6 Å². The number of benzene rings is 3. The van der Waals surface area contributed by atoms with Gasteiger partial charge in [-0.15, -0.1) is 0 Å². The quantitative estimate of drug-likeness (QED) is 0.168. The summed E-state index contributed by atoms with van der Waals surface area (Å²) in [6.07, 6.45) is 0.622. The number of carboxylic acid groups (broad SMARTS) is 1. The molecule has 0 saturated carbocycles. The Hall–Kier alpha value is -4.90. The Morgan fingerprint density at radius 3 is 2.31 bits per heavy atom. The lowest BCUT2D eigenvalue weighted by Crippen LogP contribution is -2.39. The first-order chi connectivity index (χ1) is 20.1. The van der Waals surface area contributed by atoms with Crippen molar-refractivity contribution >= 4 is 17.6 Å². The van der Waals surface area contributed by atoms with Crippen molar-refractivity contribution in [2.24, 2.45) is 0 Å². The van der Waals surface area contributed by atoms with E-state index in [-0.39, 0.29) is 42.0 Å². The molecule has 0 fully saturated rings. The van der Waals surface area contributed by atoms with Gasteiger partial charge < -0.3 is 20.9 Å². The third-order valence-electron chi connectivity index (χ3n) is 6.57. The Labute approximate surface area is 239 Å². The maximum absolute atomic E-state index is 15.1. The third kappa shape index (κ3) is 6.87. The number of ketones is 1. The van der Waals surface area contributed by atoms with Gasteiger partial charge in [-0.05, 0) is 61.7 Å². The molecule has 0 aliphatic rings. The Bertz CT molecular complexity index is 1650. The lowest BCUT2D eigenvalue weighted by Gasteiger charge is -2.16. The standard InChI is InChI=1S/C31H28F3N3O5/c1-18-14-20(8-10-23(18)32)29(39)22-9-11-27(38)37(30(22)35)28-24(33)16-21(17-25(28)34)42-13-5-12-36-26(31(40)41)15-19-6-3-2-4-7-19/h2-4,6-11,14,16-17,26,36H,5,12-13,15,35H2,1H3,(H,40,41)/t26-/m0/s1. The smallest absolute Gasteiger partial charge is 0.321 e. The number of aliphatic carboxylic acids is 1. The molecule has 42 heavy (non-hydrogen) atoms. The van der Waals surface area contributed by atoms with Crippen molar-refractivity contribution in [3.05, 3.63) is 123 Å². The van der Waals surface area contributed by atoms with Crippen LogP contribution in [0.25, 0.3) is 5.69 Å². The fourth-order valence-electron chi connectivity index (χ4n) is 4.39. The molecule has 4 aromatic rings. The van der Waals surface area contributed by atoms with Crippen molar-refractivity contribution in [1.82, 2.24) is 9.88 Å². The first-order valence-electron chi connectivity index (χ1n) is 13.0. The average molecular weight is 580 g/mol. The molecule has 4 rings (SSSR count). The lowest BCUT2D eigenvalue weighted by molar-refractivity contribution is -0.139. The highest BCUT2D eigenvalue weighted by Crippen LogP contribution is 2.27. The molecule has 0 aliphatic heterocycles. The minimum Gasteiger partial charge on any atom is -0.493 e. The zero-order valence-corrected chi connectivity index (χ0v) is 22.6. The van der Waals surface area contributed by atoms with Gasteiger partial charge in [-0.2, -0.15) is 0 Å². The largest absolute Gasteiger partial charge is 0.493 e. The summed E-state index contributed by atoms with van der Waals surface area (Å²) >= 11 is 0. The summed E-state index contributed by atoms with van der Waals surface area (Å²) in [6, 6.07) is 15.8. The maximum Gasteiger partial charge on any atom is 0.321 e. The van der Waals surface area contributed by atoms with Crippen LogP contribution in [0.15, 0.2) is 77.6 Å². The molecule has 8 nitrogen and oxygen atoms in total. The number of rotatable bonds is 12. The van der Waals surface area contributed by atoms with E-state index in [1.165, 1.54) is 19.1 Å². The van der Waals surface area contributed by atoms with Crippen LogP contribution in [0.3, 0.4) is 0 Å². The molecule has 0 spiro atoms. The van der Waals surface area contributed by atoms with E-state index < -0.39 is 52.3 Å². The number of nitrogen functional groups attached to an aromatic ring is 1. The zero-order valence-electron chi connectivity index (χ0n) is 22.6. The summed E-state index contributed by atoms with van der Waals surface area (Å²) in [6.45, 7) is 1.76. The Morgan fingerprint density at radius 1 is 0.976 bits per heavy atom. The van der Waals surface area contributed by atoms with Gasteiger partial charge in [-0.1, -0.05) is 30.3 Å². The number of aromatic nitrogens is 1. The van der Waals surface area contributed by atoms with E-state index in [4.69, 9.17) is 10.5 Å². The number of hydrogen-bond acceptors (Lipinski definition) is 6. The van der Waals surface area contributed by atoms with Crippen molar-refractivity contribution in [1.29, 1.82) is 0 Å². The number of nitrogens with zero attached hydrogens (tertiary/aromatic N) is 1. The highest BCUT2D eigenvalue weighted by molar-refractivity contribution is 6.11. The topological polar surface area (TPSA) is 124 Å². The molecule has 0 unspecified atom stereocenters. The second kappa shape index (κ2) is 13.2. The fourth-order valence-corrected chi connectivity index (χ4v) is 4.39. The number of hydrogen-bond donors (Lipinski definition) is 3. The van der Waals surface area contributed by atoms with Crippen LogP contribution in [0.2, 0.25) is 0 Å². The summed E-state index contributed by atoms with van der Waals surface area (Å²) in [4.78, 5) is 37.2. The van der Waals surface area contributed by atoms with Crippen LogP contribution < -0.4 is 21.3 Å². The van der Waals surface area contributed by atoms with E-state index in [0.29, 0.717) is 11.0 Å². The predicted molar refractivity (Wildman–Crippen MR) is 151 cm³/mol. The van der Waals surface area contributed by atoms with E-state index in [1.807, 2.05) is 30.3 Å². The molecule has 1 atom stereocenters. The number of nitrogens with two attached hydrogens (primary N) is 1. The molecule has 1 aromatic heterocycles. The second-order valence-electron chi connectivity index (χ2n) is 9.57. The molecule has 11 heteroatoms. The summed E-state index contributed by atoms with van der Waals surface area (Å²) in [5, 5.41) is 12.4. The number of pyridine rings is 1. The van der Waals surface area contributed by atoms with Gasteiger partial charge in [-0.25, -0.2) is 13.2 Å². The molecule has 3 aromatic carbocycles. The molecule has 0 radical (unpaired) electrons. The molecule has 0 aliphatic carbocycles. The van der Waals surface area contributed by atoms with E-state index >= 15 is 8.78 Å². The molecule has 0 amide bonds. The van der Waals surface area contributed by atoms with Gasteiger partial charge in [0.25, 0.3) is 5.56 Å². The predicted octanol–water partition coefficient (Wildman–Crippen LogP) is 4.43. The highest BCUT2D eigenvalue weighted by atomic mass is 19.1. The Kier molecular flexibility index (Phi) is 9.43. The molecule has 218 valence electrons. The Morgan fingerprint density at radius 2 is 1.67 bits per heavy atom. The lowest BCUT2D eigenvalue weighted by atomic mass is 10.0. The van der Waals surface area contributed by atoms with Gasteiger partial charge in [0.1, 0.15) is 29.1 Å². The molecular weight excluding hydrogens is 551 g/mol. The minimum absolute atomic E-state index is 0.0199. The van der Waals surface area contributed by atoms with Crippen molar-refractivity contribution in [2.45, 2.75) is 25.8 Å². The van der Waals surface area contributed by atoms with Crippen LogP contribution in [0.4, 0.5) is 19.0 Å². The Balaban J connectivity index is 1.45. The highest BCUT2D eigenvalue weighted by Gasteiger charge is 2.22. The maximum atomic E-state index is 15.1. The zero-order chi connectivity index (χ0) is 30.4. The molecule has 0 saturated heterocycles. The molecular formula is C31H28F3N3O5. The minimum atomic E-state index is -1.16. The van der Waals surface area contributed by atoms with Crippen LogP contribution >= 0.6 is 0 Å². The van der Waals surface area contributed by atoms with Gasteiger partial charge in [0.2, 0.25) is 0 Å². The van der Waals surface area contributed by atoms with Gasteiger partial charge in [-0.3, -0.25) is 19.0 Å². The number of anilines is 1. The van der Waals surface area contributed by atoms with Gasteiger partial charge in [0.05, 0.1) is 12.2 Å². The number of carbonyl (C=O) groups excluding carboxylic acids is 1. The SMILES string of the molecule is Cc1cc(C(=O)c2ccc(=O)n(-c3c(F)cc(OCCCN[C@@H](Cc4ccccc4)C(=O)O)cc3F)c2N)ccc1F. The van der Waals surface area contributed by atoms with Crippen LogP contribution in [0, 0.1) is 24.4 Å². The normalized spacial score (nSPS) is 11.7. The molecule has 4 N–H and O–H groups in total. The summed E-state index contributed by atoms with van der Waals surface area (Å²) in [5.41, 5.74) is 5.36. The van der Waals surface area contributed by atoms with Crippen molar-refractivity contribution in [2.75, 3.05) is 18.9 Å². The number of carbonyl (C=O) groups is 2. The van der Waals surface area contributed by atoms with Crippen LogP contribution in [-0.4, -0.2) is 40.6 Å². The number of halogens is 3. The summed E-state index contributed by atoms with van der Waals surface area (Å²) in [7, 11) is 0. The molecule has 0 bridgehead atoms. The monoisotopic (exact) mass is 579 g/mol. The van der Waals surface area contributed by atoms with E-state index in [0.717, 1.165) is 35.9 Å². The number of carboxylic acids is 1. The number of ether oxygens (including phenoxy) is 1. The van der Waals surface area contributed by atoms with E-state index in [9.17, 15) is 23.9 Å². The summed E-state index contributed by atoms with van der Waals surface area (Å²) in [5.74, 6) is -5.15.